The Balaban J connectivity index is 0. The number of guanidine groups is 1. The molecule has 1 unspecified atom stereocenters. The van der Waals surface area contributed by atoms with E-state index < -0.39 is 0 Å². The van der Waals surface area contributed by atoms with Crippen molar-refractivity contribution in [3.8, 4) is 0 Å². The summed E-state index contributed by atoms with van der Waals surface area (Å²) in [6.07, 6.45) is 3.31. The fourth-order valence-corrected chi connectivity index (χ4v) is 2.03. The lowest BCUT2D eigenvalue weighted by molar-refractivity contribution is 0.254. The Morgan fingerprint density at radius 2 is 1.89 bits per heavy atom. The van der Waals surface area contributed by atoms with Gasteiger partial charge in [-0.2, -0.15) is 11.8 Å². The maximum absolute atomic E-state index is 4.24. The summed E-state index contributed by atoms with van der Waals surface area (Å²) in [6, 6.07) is 0.545. The second-order valence-corrected chi connectivity index (χ2v) is 6.11. The smallest absolute Gasteiger partial charge is 0.191 e. The molecule has 0 saturated heterocycles. The zero-order valence-electron chi connectivity index (χ0n) is 13.2. The summed E-state index contributed by atoms with van der Waals surface area (Å²) in [7, 11) is 6.10. The van der Waals surface area contributed by atoms with Gasteiger partial charge < -0.3 is 15.5 Å². The molecule has 0 spiro atoms. The molecule has 19 heavy (non-hydrogen) atoms. The van der Waals surface area contributed by atoms with Crippen molar-refractivity contribution in [3.63, 3.8) is 0 Å². The predicted molar refractivity (Wildman–Crippen MR) is 100 cm³/mol. The van der Waals surface area contributed by atoms with Crippen molar-refractivity contribution in [3.05, 3.63) is 0 Å². The molecule has 116 valence electrons. The van der Waals surface area contributed by atoms with Gasteiger partial charge >= 0.3 is 0 Å². The molecule has 0 aromatic carbocycles. The molecule has 0 aromatic heterocycles. The van der Waals surface area contributed by atoms with E-state index in [0.29, 0.717) is 12.0 Å². The highest BCUT2D eigenvalue weighted by Crippen LogP contribution is 2.07. The van der Waals surface area contributed by atoms with Crippen LogP contribution in [0, 0.1) is 5.92 Å². The van der Waals surface area contributed by atoms with Gasteiger partial charge in [-0.1, -0.05) is 13.8 Å². The number of halogens is 1. The van der Waals surface area contributed by atoms with Crippen LogP contribution in [0.4, 0.5) is 0 Å². The molecule has 0 radical (unpaired) electrons. The number of rotatable bonds is 8. The van der Waals surface area contributed by atoms with Gasteiger partial charge in [-0.05, 0) is 32.7 Å². The van der Waals surface area contributed by atoms with E-state index in [1.165, 1.54) is 6.42 Å². The summed E-state index contributed by atoms with van der Waals surface area (Å²) in [5, 5.41) is 6.72. The van der Waals surface area contributed by atoms with Crippen molar-refractivity contribution in [1.82, 2.24) is 15.5 Å². The van der Waals surface area contributed by atoms with Crippen LogP contribution >= 0.6 is 35.7 Å². The molecular weight excluding hydrogens is 371 g/mol. The lowest BCUT2D eigenvalue weighted by Crippen LogP contribution is -2.46. The first-order chi connectivity index (χ1) is 8.51. The Bertz CT molecular complexity index is 235. The Morgan fingerprint density at radius 3 is 2.32 bits per heavy atom. The molecule has 6 heteroatoms. The first kappa shape index (κ1) is 21.6. The number of hydrogen-bond acceptors (Lipinski definition) is 3. The van der Waals surface area contributed by atoms with Crippen molar-refractivity contribution < 1.29 is 0 Å². The zero-order chi connectivity index (χ0) is 14.0. The van der Waals surface area contributed by atoms with E-state index >= 15 is 0 Å². The van der Waals surface area contributed by atoms with Crippen LogP contribution in [0.25, 0.3) is 0 Å². The molecule has 1 atom stereocenters. The highest BCUT2D eigenvalue weighted by molar-refractivity contribution is 14.0. The van der Waals surface area contributed by atoms with Gasteiger partial charge in [0.05, 0.1) is 0 Å². The van der Waals surface area contributed by atoms with E-state index in [1.807, 2.05) is 18.8 Å². The molecular formula is C13H31IN4S. The van der Waals surface area contributed by atoms with Gasteiger partial charge in [0.25, 0.3) is 0 Å². The van der Waals surface area contributed by atoms with Crippen molar-refractivity contribution in [2.45, 2.75) is 26.3 Å². The van der Waals surface area contributed by atoms with Crippen LogP contribution < -0.4 is 10.6 Å². The van der Waals surface area contributed by atoms with Crippen LogP contribution in [-0.2, 0) is 0 Å². The summed E-state index contributed by atoms with van der Waals surface area (Å²) in [5.74, 6) is 2.72. The molecule has 0 fully saturated rings. The Morgan fingerprint density at radius 1 is 1.26 bits per heavy atom. The third-order valence-corrected chi connectivity index (χ3v) is 3.41. The molecule has 2 N–H and O–H groups in total. The normalized spacial score (nSPS) is 13.4. The van der Waals surface area contributed by atoms with Crippen LogP contribution in [0.5, 0.6) is 0 Å². The second kappa shape index (κ2) is 13.3. The van der Waals surface area contributed by atoms with Crippen molar-refractivity contribution in [2.24, 2.45) is 10.9 Å². The molecule has 0 aliphatic heterocycles. The van der Waals surface area contributed by atoms with Crippen molar-refractivity contribution >= 4 is 41.7 Å². The number of thioether (sulfide) groups is 1. The van der Waals surface area contributed by atoms with Gasteiger partial charge in [0.15, 0.2) is 5.96 Å². The molecule has 0 aromatic rings. The minimum Gasteiger partial charge on any atom is -0.356 e. The lowest BCUT2D eigenvalue weighted by atomic mass is 10.0. The Hall–Kier alpha value is 0.310. The van der Waals surface area contributed by atoms with Gasteiger partial charge in [-0.3, -0.25) is 4.99 Å². The van der Waals surface area contributed by atoms with E-state index in [9.17, 15) is 0 Å². The summed E-state index contributed by atoms with van der Waals surface area (Å²) in [4.78, 5) is 6.52. The van der Waals surface area contributed by atoms with Crippen LogP contribution in [0.2, 0.25) is 0 Å². The fourth-order valence-electron chi connectivity index (χ4n) is 1.73. The lowest BCUT2D eigenvalue weighted by Gasteiger charge is -2.27. The predicted octanol–water partition coefficient (Wildman–Crippen LogP) is 2.11. The molecule has 0 saturated carbocycles. The molecule has 4 nitrogen and oxygen atoms in total. The average molecular weight is 402 g/mol. The standard InChI is InChI=1S/C13H30N4S.HI/c1-11(2)9-12(17(4)5)10-16-13(14-3)15-7-8-18-6;/h11-12H,7-10H2,1-6H3,(H2,14,15,16);1H. The molecule has 0 rings (SSSR count). The van der Waals surface area contributed by atoms with Crippen LogP contribution in [-0.4, -0.2) is 63.1 Å². The van der Waals surface area contributed by atoms with Crippen LogP contribution in [0.3, 0.4) is 0 Å². The van der Waals surface area contributed by atoms with E-state index in [2.05, 4.69) is 54.7 Å². The average Bonchev–Trinajstić information content (AvgIpc) is 2.31. The quantitative estimate of drug-likeness (QED) is 0.282. The summed E-state index contributed by atoms with van der Waals surface area (Å²) in [6.45, 7) is 6.42. The van der Waals surface area contributed by atoms with Gasteiger partial charge in [0.1, 0.15) is 0 Å². The molecule has 0 amide bonds. The highest BCUT2D eigenvalue weighted by Gasteiger charge is 2.13. The van der Waals surface area contributed by atoms with Gasteiger partial charge in [0.2, 0.25) is 0 Å². The minimum atomic E-state index is 0. The van der Waals surface area contributed by atoms with E-state index in [1.54, 1.807) is 0 Å². The molecule has 0 heterocycles. The van der Waals surface area contributed by atoms with Gasteiger partial charge in [0, 0.05) is 31.9 Å². The molecule has 0 aliphatic carbocycles. The van der Waals surface area contributed by atoms with Crippen molar-refractivity contribution in [1.29, 1.82) is 0 Å². The zero-order valence-corrected chi connectivity index (χ0v) is 16.3. The third-order valence-electron chi connectivity index (χ3n) is 2.80. The topological polar surface area (TPSA) is 39.7 Å². The van der Waals surface area contributed by atoms with E-state index in [-0.39, 0.29) is 24.0 Å². The van der Waals surface area contributed by atoms with E-state index in [4.69, 9.17) is 0 Å². The third kappa shape index (κ3) is 11.8. The summed E-state index contributed by atoms with van der Waals surface area (Å²) < 4.78 is 0. The first-order valence-electron chi connectivity index (χ1n) is 6.61. The number of aliphatic imine (C=N–C) groups is 1. The largest absolute Gasteiger partial charge is 0.356 e. The minimum absolute atomic E-state index is 0. The first-order valence-corrected chi connectivity index (χ1v) is 8.00. The SMILES string of the molecule is CN=C(NCCSC)NCC(CC(C)C)N(C)C.I. The number of likely N-dealkylation sites (N-methyl/N-ethyl adjacent to an activating group) is 1. The fraction of sp³-hybridized carbons (Fsp3) is 0.923. The summed E-state index contributed by atoms with van der Waals surface area (Å²) in [5.41, 5.74) is 0. The van der Waals surface area contributed by atoms with Gasteiger partial charge in [-0.15, -0.1) is 24.0 Å². The van der Waals surface area contributed by atoms with Crippen LogP contribution in [0.1, 0.15) is 20.3 Å². The van der Waals surface area contributed by atoms with Gasteiger partial charge in [-0.25, -0.2) is 0 Å². The molecule has 0 bridgehead atoms. The number of nitrogens with one attached hydrogen (secondary N) is 2. The maximum Gasteiger partial charge on any atom is 0.191 e. The number of hydrogen-bond donors (Lipinski definition) is 2. The summed E-state index contributed by atoms with van der Waals surface area (Å²) >= 11 is 1.84. The monoisotopic (exact) mass is 402 g/mol. The van der Waals surface area contributed by atoms with E-state index in [0.717, 1.165) is 24.8 Å². The van der Waals surface area contributed by atoms with Crippen molar-refractivity contribution in [2.75, 3.05) is 46.2 Å². The Kier molecular flexibility index (Phi) is 15.1. The highest BCUT2D eigenvalue weighted by atomic mass is 127. The van der Waals surface area contributed by atoms with Crippen LogP contribution in [0.15, 0.2) is 4.99 Å². The molecule has 0 aliphatic rings. The number of nitrogens with zero attached hydrogens (tertiary/aromatic N) is 2. The second-order valence-electron chi connectivity index (χ2n) is 5.12. The maximum atomic E-state index is 4.24. The Labute approximate surface area is 140 Å².